The molecule has 7 heteroatoms. The first-order valence-corrected chi connectivity index (χ1v) is 10.4. The molecule has 0 N–H and O–H groups in total. The third-order valence-electron chi connectivity index (χ3n) is 5.94. The lowest BCUT2D eigenvalue weighted by Crippen LogP contribution is -2.44. The van der Waals surface area contributed by atoms with Crippen LogP contribution in [-0.2, 0) is 11.3 Å². The number of hydrogen-bond donors (Lipinski definition) is 0. The minimum Gasteiger partial charge on any atom is -0.474 e. The normalized spacial score (nSPS) is 20.4. The van der Waals surface area contributed by atoms with Crippen molar-refractivity contribution in [2.24, 2.45) is 4.99 Å². The maximum Gasteiger partial charge on any atom is 0.223 e. The highest BCUT2D eigenvalue weighted by Gasteiger charge is 2.26. The van der Waals surface area contributed by atoms with E-state index < -0.39 is 0 Å². The Morgan fingerprint density at radius 1 is 1.03 bits per heavy atom. The topological polar surface area (TPSA) is 63.1 Å². The lowest BCUT2D eigenvalue weighted by atomic mass is 10.0. The van der Waals surface area contributed by atoms with E-state index in [-0.39, 0.29) is 6.10 Å². The van der Waals surface area contributed by atoms with Crippen LogP contribution in [0.15, 0.2) is 35.6 Å². The van der Waals surface area contributed by atoms with Crippen molar-refractivity contribution in [3.63, 3.8) is 0 Å². The SMILES string of the molecule is CN1CCN(c2cc(C3=NCc4ccnc(OC5CCOCC5)c43)ccn2)CC1. The lowest BCUT2D eigenvalue weighted by molar-refractivity contribution is 0.0236. The molecule has 0 aliphatic carbocycles. The molecule has 3 aliphatic rings. The van der Waals surface area contributed by atoms with Crippen molar-refractivity contribution >= 4 is 11.5 Å². The Hall–Kier alpha value is -2.51. The lowest BCUT2D eigenvalue weighted by Gasteiger charge is -2.33. The van der Waals surface area contributed by atoms with Gasteiger partial charge in [0.15, 0.2) is 0 Å². The van der Waals surface area contributed by atoms with Crippen LogP contribution in [-0.4, -0.2) is 73.1 Å². The molecular weight excluding hydrogens is 366 g/mol. The van der Waals surface area contributed by atoms with Crippen molar-refractivity contribution in [1.82, 2.24) is 14.9 Å². The number of ether oxygens (including phenoxy) is 2. The number of hydrogen-bond acceptors (Lipinski definition) is 7. The number of likely N-dealkylation sites (N-methyl/N-ethyl adjacent to an activating group) is 1. The summed E-state index contributed by atoms with van der Waals surface area (Å²) in [4.78, 5) is 18.7. The van der Waals surface area contributed by atoms with Crippen molar-refractivity contribution in [3.05, 3.63) is 47.3 Å². The van der Waals surface area contributed by atoms with Gasteiger partial charge in [0.2, 0.25) is 5.88 Å². The van der Waals surface area contributed by atoms with Crippen molar-refractivity contribution in [2.75, 3.05) is 51.3 Å². The molecule has 0 unspecified atom stereocenters. The van der Waals surface area contributed by atoms with Gasteiger partial charge in [0.25, 0.3) is 0 Å². The second-order valence-electron chi connectivity index (χ2n) is 7.94. The maximum atomic E-state index is 6.30. The first kappa shape index (κ1) is 18.5. The van der Waals surface area contributed by atoms with Gasteiger partial charge >= 0.3 is 0 Å². The Morgan fingerprint density at radius 2 is 1.83 bits per heavy atom. The standard InChI is InChI=1S/C22H27N5O2/c1-26-8-10-27(11-9-26)19-14-16(2-6-23-19)21-20-17(15-25-21)3-7-24-22(20)29-18-4-12-28-13-5-18/h2-3,6-7,14,18H,4-5,8-13,15H2,1H3. The number of aliphatic imine (C=N–C) groups is 1. The summed E-state index contributed by atoms with van der Waals surface area (Å²) in [7, 11) is 2.17. The summed E-state index contributed by atoms with van der Waals surface area (Å²) in [6, 6.07) is 6.24. The van der Waals surface area contributed by atoms with Crippen molar-refractivity contribution < 1.29 is 9.47 Å². The van der Waals surface area contributed by atoms with Gasteiger partial charge in [-0.2, -0.15) is 0 Å². The van der Waals surface area contributed by atoms with Crippen LogP contribution in [0, 0.1) is 0 Å². The molecule has 29 heavy (non-hydrogen) atoms. The molecule has 0 bridgehead atoms. The molecule has 2 saturated heterocycles. The number of pyridine rings is 2. The van der Waals surface area contributed by atoms with E-state index in [9.17, 15) is 0 Å². The first-order chi connectivity index (χ1) is 14.3. The van der Waals surface area contributed by atoms with E-state index >= 15 is 0 Å². The fourth-order valence-electron chi connectivity index (χ4n) is 4.16. The second kappa shape index (κ2) is 8.08. The van der Waals surface area contributed by atoms with Gasteiger partial charge in [-0.05, 0) is 30.8 Å². The smallest absolute Gasteiger partial charge is 0.223 e. The fraction of sp³-hybridized carbons (Fsp3) is 0.500. The summed E-state index contributed by atoms with van der Waals surface area (Å²) < 4.78 is 11.8. The van der Waals surface area contributed by atoms with E-state index in [2.05, 4.69) is 32.9 Å². The molecule has 0 saturated carbocycles. The van der Waals surface area contributed by atoms with Crippen LogP contribution in [0.1, 0.15) is 29.5 Å². The summed E-state index contributed by atoms with van der Waals surface area (Å²) in [5, 5.41) is 0. The molecule has 0 atom stereocenters. The van der Waals surface area contributed by atoms with Gasteiger partial charge in [0.1, 0.15) is 11.9 Å². The minimum absolute atomic E-state index is 0.156. The predicted octanol–water partition coefficient (Wildman–Crippen LogP) is 2.14. The third-order valence-corrected chi connectivity index (χ3v) is 5.94. The van der Waals surface area contributed by atoms with Gasteiger partial charge in [0.05, 0.1) is 31.0 Å². The number of aromatic nitrogens is 2. The molecule has 7 nitrogen and oxygen atoms in total. The van der Waals surface area contributed by atoms with Crippen LogP contribution in [0.4, 0.5) is 5.82 Å². The van der Waals surface area contributed by atoms with E-state index in [1.165, 1.54) is 5.56 Å². The number of nitrogens with zero attached hydrogens (tertiary/aromatic N) is 5. The molecule has 3 aliphatic heterocycles. The molecule has 0 spiro atoms. The molecule has 0 amide bonds. The summed E-state index contributed by atoms with van der Waals surface area (Å²) in [6.45, 7) is 6.28. The predicted molar refractivity (Wildman–Crippen MR) is 112 cm³/mol. The zero-order valence-corrected chi connectivity index (χ0v) is 16.9. The fourth-order valence-corrected chi connectivity index (χ4v) is 4.16. The zero-order chi connectivity index (χ0) is 19.6. The number of anilines is 1. The summed E-state index contributed by atoms with van der Waals surface area (Å²) in [5.74, 6) is 1.71. The Morgan fingerprint density at radius 3 is 2.66 bits per heavy atom. The van der Waals surface area contributed by atoms with Crippen LogP contribution in [0.25, 0.3) is 0 Å². The third kappa shape index (κ3) is 3.84. The molecule has 5 rings (SSSR count). The molecule has 2 fully saturated rings. The highest BCUT2D eigenvalue weighted by molar-refractivity contribution is 6.16. The average molecular weight is 393 g/mol. The summed E-state index contributed by atoms with van der Waals surface area (Å²) in [5.41, 5.74) is 4.26. The van der Waals surface area contributed by atoms with Crippen LogP contribution in [0.3, 0.4) is 0 Å². The monoisotopic (exact) mass is 393 g/mol. The van der Waals surface area contributed by atoms with Gasteiger partial charge in [-0.15, -0.1) is 0 Å². The molecular formula is C22H27N5O2. The summed E-state index contributed by atoms with van der Waals surface area (Å²) >= 11 is 0. The molecule has 2 aromatic heterocycles. The Kier molecular flexibility index (Phi) is 5.16. The van der Waals surface area contributed by atoms with Gasteiger partial charge in [0, 0.05) is 57.0 Å². The summed E-state index contributed by atoms with van der Waals surface area (Å²) in [6.07, 6.45) is 5.68. The molecule has 152 valence electrons. The molecule has 0 radical (unpaired) electrons. The van der Waals surface area contributed by atoms with Gasteiger partial charge in [-0.3, -0.25) is 4.99 Å². The highest BCUT2D eigenvalue weighted by Crippen LogP contribution is 2.31. The van der Waals surface area contributed by atoms with Crippen LogP contribution in [0.2, 0.25) is 0 Å². The molecule has 5 heterocycles. The average Bonchev–Trinajstić information content (AvgIpc) is 3.20. The van der Waals surface area contributed by atoms with Crippen LogP contribution < -0.4 is 9.64 Å². The molecule has 2 aromatic rings. The zero-order valence-electron chi connectivity index (χ0n) is 16.9. The number of piperazine rings is 1. The largest absolute Gasteiger partial charge is 0.474 e. The Balaban J connectivity index is 1.42. The first-order valence-electron chi connectivity index (χ1n) is 10.4. The maximum absolute atomic E-state index is 6.30. The van der Waals surface area contributed by atoms with E-state index in [1.54, 1.807) is 0 Å². The number of fused-ring (bicyclic) bond motifs is 1. The second-order valence-corrected chi connectivity index (χ2v) is 7.94. The van der Waals surface area contributed by atoms with Crippen molar-refractivity contribution in [3.8, 4) is 5.88 Å². The van der Waals surface area contributed by atoms with Crippen LogP contribution >= 0.6 is 0 Å². The van der Waals surface area contributed by atoms with E-state index in [4.69, 9.17) is 14.5 Å². The van der Waals surface area contributed by atoms with E-state index in [0.717, 1.165) is 74.9 Å². The van der Waals surface area contributed by atoms with Crippen LogP contribution in [0.5, 0.6) is 5.88 Å². The quantitative estimate of drug-likeness (QED) is 0.793. The van der Waals surface area contributed by atoms with E-state index in [0.29, 0.717) is 12.4 Å². The Bertz CT molecular complexity index is 902. The highest BCUT2D eigenvalue weighted by atomic mass is 16.5. The molecule has 0 aromatic carbocycles. The van der Waals surface area contributed by atoms with Crippen molar-refractivity contribution in [1.29, 1.82) is 0 Å². The Labute approximate surface area is 171 Å². The van der Waals surface area contributed by atoms with Gasteiger partial charge < -0.3 is 19.3 Å². The van der Waals surface area contributed by atoms with Gasteiger partial charge in [-0.25, -0.2) is 9.97 Å². The van der Waals surface area contributed by atoms with E-state index in [1.807, 2.05) is 24.5 Å². The van der Waals surface area contributed by atoms with Crippen molar-refractivity contribution in [2.45, 2.75) is 25.5 Å². The minimum atomic E-state index is 0.156. The number of rotatable bonds is 4. The van der Waals surface area contributed by atoms with Gasteiger partial charge in [-0.1, -0.05) is 0 Å².